The molecule has 0 atom stereocenters. The van der Waals surface area contributed by atoms with E-state index in [0.717, 1.165) is 74.7 Å². The molecule has 0 N–H and O–H groups in total. The van der Waals surface area contributed by atoms with Crippen molar-refractivity contribution in [1.82, 2.24) is 0 Å². The van der Waals surface area contributed by atoms with E-state index in [2.05, 4.69) is 80.9 Å². The van der Waals surface area contributed by atoms with Crippen molar-refractivity contribution in [3.8, 4) is 0 Å². The molecule has 0 saturated heterocycles. The normalized spacial score (nSPS) is 19.3. The van der Waals surface area contributed by atoms with E-state index in [-0.39, 0.29) is 19.5 Å². The zero-order chi connectivity index (χ0) is 23.4. The monoisotopic (exact) mass is 760 g/mol. The topological polar surface area (TPSA) is 49.4 Å². The first-order chi connectivity index (χ1) is 16.4. The van der Waals surface area contributed by atoms with Gasteiger partial charge in [0.05, 0.1) is 45.6 Å². The zero-order valence-corrected chi connectivity index (χ0v) is 27.2. The summed E-state index contributed by atoms with van der Waals surface area (Å²) in [5, 5.41) is 0. The number of nitrogens with zero attached hydrogens (tertiary/aromatic N) is 4. The number of allylic oxidation sites excluding steroid dienone is 12. The fourth-order valence-electron chi connectivity index (χ4n) is 3.88. The maximum absolute atomic E-state index is 4.93. The Morgan fingerprint density at radius 1 is 0.486 bits per heavy atom. The molecule has 1 aromatic rings. The fourth-order valence-corrected chi connectivity index (χ4v) is 6.11. The van der Waals surface area contributed by atoms with Gasteiger partial charge in [-0.05, 0) is 137 Å². The van der Waals surface area contributed by atoms with Crippen molar-refractivity contribution < 1.29 is 19.5 Å². The molecule has 0 unspecified atom stereocenters. The Balaban J connectivity index is 0.00000253. The van der Waals surface area contributed by atoms with Gasteiger partial charge in [0.1, 0.15) is 0 Å². The van der Waals surface area contributed by atoms with Crippen molar-refractivity contribution in [2.24, 2.45) is 20.0 Å². The molecule has 9 heteroatoms. The minimum atomic E-state index is 0. The van der Waals surface area contributed by atoms with E-state index in [0.29, 0.717) is 0 Å². The van der Waals surface area contributed by atoms with E-state index >= 15 is 0 Å². The summed E-state index contributed by atoms with van der Waals surface area (Å²) >= 11 is 14.7. The Morgan fingerprint density at radius 3 is 1.57 bits per heavy atom. The summed E-state index contributed by atoms with van der Waals surface area (Å²) in [4.78, 5) is 19.1. The molecular formula is C26H12Br4N4Zn. The van der Waals surface area contributed by atoms with Gasteiger partial charge in [-0.3, -0.25) is 0 Å². The SMILES string of the molecule is Brc1cc(C2=CC3=CC4=NC(=CC5=NC(=CC6=NC(=CC2=N3)C=C6)C=C5)C=C4)c(Br)c(Br)c1Br.[Zn]. The largest absolute Gasteiger partial charge is 0.249 e. The van der Waals surface area contributed by atoms with Crippen LogP contribution in [0.3, 0.4) is 0 Å². The zero-order valence-electron chi connectivity index (χ0n) is 17.9. The summed E-state index contributed by atoms with van der Waals surface area (Å²) in [6.45, 7) is 0. The van der Waals surface area contributed by atoms with E-state index in [1.807, 2.05) is 60.8 Å². The van der Waals surface area contributed by atoms with Crippen LogP contribution in [0, 0.1) is 0 Å². The third-order valence-electron chi connectivity index (χ3n) is 5.43. The first-order valence-corrected chi connectivity index (χ1v) is 13.4. The predicted molar refractivity (Wildman–Crippen MR) is 155 cm³/mol. The summed E-state index contributed by atoms with van der Waals surface area (Å²) in [6, 6.07) is 2.07. The second-order valence-electron chi connectivity index (χ2n) is 7.79. The van der Waals surface area contributed by atoms with Crippen molar-refractivity contribution in [3.05, 3.63) is 119 Å². The van der Waals surface area contributed by atoms with Gasteiger partial charge >= 0.3 is 0 Å². The van der Waals surface area contributed by atoms with Gasteiger partial charge in [0.2, 0.25) is 0 Å². The smallest absolute Gasteiger partial charge is 0.0737 e. The molecule has 8 bridgehead atoms. The van der Waals surface area contributed by atoms with Crippen LogP contribution in [0.2, 0.25) is 0 Å². The molecule has 0 amide bonds. The van der Waals surface area contributed by atoms with Crippen LogP contribution in [0.5, 0.6) is 0 Å². The number of fused-ring (bicyclic) bond motifs is 4. The third-order valence-corrected chi connectivity index (χ3v) is 10.1. The standard InChI is InChI=1S/C26H12Br4N4.Zn/c27-22-12-21(24(28)26(30)25(22)29)20-10-19-9-17-4-3-15(32-17)7-13-1-2-14(31-13)8-16-5-6-18(33-16)11-23(20)34-19;/h1-12H;. The summed E-state index contributed by atoms with van der Waals surface area (Å²) in [7, 11) is 0. The Hall–Kier alpha value is -1.64. The van der Waals surface area contributed by atoms with Crippen molar-refractivity contribution >= 4 is 92.1 Å². The molecular weight excluding hydrogens is 753 g/mol. The van der Waals surface area contributed by atoms with Crippen LogP contribution in [-0.2, 0) is 19.5 Å². The van der Waals surface area contributed by atoms with Gasteiger partial charge < -0.3 is 0 Å². The number of halogens is 4. The average molecular weight is 765 g/mol. The molecule has 5 heterocycles. The third kappa shape index (κ3) is 4.99. The van der Waals surface area contributed by atoms with Gasteiger partial charge in [-0.15, -0.1) is 0 Å². The van der Waals surface area contributed by atoms with Crippen LogP contribution < -0.4 is 0 Å². The molecule has 35 heavy (non-hydrogen) atoms. The van der Waals surface area contributed by atoms with Crippen LogP contribution in [0.4, 0.5) is 0 Å². The summed E-state index contributed by atoms with van der Waals surface area (Å²) < 4.78 is 3.75. The van der Waals surface area contributed by atoms with E-state index in [1.54, 1.807) is 0 Å². The summed E-state index contributed by atoms with van der Waals surface area (Å²) in [6.07, 6.45) is 22.0. The fraction of sp³-hybridized carbons (Fsp3) is 0. The van der Waals surface area contributed by atoms with E-state index < -0.39 is 0 Å². The summed E-state index contributed by atoms with van der Waals surface area (Å²) in [5.74, 6) is 0. The molecule has 5 aliphatic rings. The Bertz CT molecular complexity index is 1570. The molecule has 0 fully saturated rings. The van der Waals surface area contributed by atoms with Crippen LogP contribution in [0.1, 0.15) is 5.56 Å². The Labute approximate surface area is 248 Å². The van der Waals surface area contributed by atoms with Crippen molar-refractivity contribution in [2.45, 2.75) is 0 Å². The first-order valence-electron chi connectivity index (χ1n) is 10.2. The molecule has 0 aromatic heterocycles. The molecule has 6 rings (SSSR count). The van der Waals surface area contributed by atoms with E-state index in [1.165, 1.54) is 0 Å². The maximum Gasteiger partial charge on any atom is 0.0737 e. The quantitative estimate of drug-likeness (QED) is 0.158. The molecule has 166 valence electrons. The second-order valence-corrected chi connectivity index (χ2v) is 11.0. The second kappa shape index (κ2) is 10.0. The number of aliphatic imine (C=N–C) groups is 4. The summed E-state index contributed by atoms with van der Waals surface area (Å²) in [5.41, 5.74) is 8.79. The van der Waals surface area contributed by atoms with Gasteiger partial charge in [0.25, 0.3) is 0 Å². The number of rotatable bonds is 1. The average Bonchev–Trinajstić information content (AvgIpc) is 3.60. The van der Waals surface area contributed by atoms with Gasteiger partial charge in [-0.2, -0.15) is 0 Å². The van der Waals surface area contributed by atoms with Crippen molar-refractivity contribution in [1.29, 1.82) is 0 Å². The molecule has 4 nitrogen and oxygen atoms in total. The Kier molecular flexibility index (Phi) is 7.17. The van der Waals surface area contributed by atoms with Crippen molar-refractivity contribution in [2.75, 3.05) is 0 Å². The first kappa shape index (κ1) is 25.0. The minimum Gasteiger partial charge on any atom is -0.249 e. The van der Waals surface area contributed by atoms with Gasteiger partial charge in [-0.25, -0.2) is 20.0 Å². The van der Waals surface area contributed by atoms with Crippen LogP contribution in [0.15, 0.2) is 134 Å². The molecule has 0 saturated carbocycles. The number of hydrogen-bond donors (Lipinski definition) is 0. The molecule has 0 spiro atoms. The molecule has 0 aliphatic carbocycles. The number of hydrogen-bond acceptors (Lipinski definition) is 4. The molecule has 1 aromatic carbocycles. The van der Waals surface area contributed by atoms with Crippen LogP contribution in [0.25, 0.3) is 5.57 Å². The van der Waals surface area contributed by atoms with Crippen LogP contribution in [-0.4, -0.2) is 22.8 Å². The van der Waals surface area contributed by atoms with Crippen molar-refractivity contribution in [3.63, 3.8) is 0 Å². The van der Waals surface area contributed by atoms with Gasteiger partial charge in [0.15, 0.2) is 0 Å². The molecule has 5 aliphatic heterocycles. The van der Waals surface area contributed by atoms with E-state index in [4.69, 9.17) is 15.0 Å². The van der Waals surface area contributed by atoms with Crippen LogP contribution >= 0.6 is 63.7 Å². The minimum absolute atomic E-state index is 0. The molecule has 0 radical (unpaired) electrons. The number of benzene rings is 1. The van der Waals surface area contributed by atoms with E-state index in [9.17, 15) is 0 Å². The predicted octanol–water partition coefficient (Wildman–Crippen LogP) is 8.15. The Morgan fingerprint density at radius 2 is 1.00 bits per heavy atom. The van der Waals surface area contributed by atoms with Gasteiger partial charge in [-0.1, -0.05) is 0 Å². The van der Waals surface area contributed by atoms with Gasteiger partial charge in [0, 0.05) is 48.5 Å². The maximum atomic E-state index is 4.93.